The minimum atomic E-state index is -2.73. The maximum atomic E-state index is 10.3. The van der Waals surface area contributed by atoms with Crippen LogP contribution in [-0.2, 0) is 16.0 Å². The number of aliphatic hydroxyl groups excluding tert-OH is 3. The van der Waals surface area contributed by atoms with Crippen molar-refractivity contribution in [1.82, 2.24) is 9.97 Å². The maximum absolute atomic E-state index is 10.3. The Morgan fingerprint density at radius 1 is 1.16 bits per heavy atom. The second-order valence-electron chi connectivity index (χ2n) is 5.47. The van der Waals surface area contributed by atoms with Gasteiger partial charge >= 0.3 is 5.97 Å². The lowest BCUT2D eigenvalue weighted by Gasteiger charge is -2.20. The van der Waals surface area contributed by atoms with Gasteiger partial charge in [-0.25, -0.2) is 4.79 Å². The number of aryl methyl sites for hydroxylation is 1. The fraction of sp³-hybridized carbons (Fsp3) is 0.643. The predicted molar refractivity (Wildman–Crippen MR) is 79.5 cm³/mol. The lowest BCUT2D eigenvalue weighted by atomic mass is 10.1. The van der Waals surface area contributed by atoms with E-state index in [0.29, 0.717) is 12.1 Å². The molecule has 1 aromatic rings. The molecule has 1 rings (SSSR count). The zero-order chi connectivity index (χ0) is 19.0. The molecule has 11 heteroatoms. The number of aliphatic carboxylic acids is 1. The number of nitrogens with zero attached hydrogens (tertiary/aromatic N) is 2. The lowest BCUT2D eigenvalue weighted by Crippen LogP contribution is -2.32. The van der Waals surface area contributed by atoms with Crippen molar-refractivity contribution in [3.05, 3.63) is 23.8 Å². The van der Waals surface area contributed by atoms with Crippen molar-refractivity contribution >= 4 is 5.97 Å². The first-order valence-electron chi connectivity index (χ1n) is 7.44. The highest BCUT2D eigenvalue weighted by Gasteiger charge is 2.23. The minimum Gasteiger partial charge on any atom is -0.480 e. The van der Waals surface area contributed by atoms with Gasteiger partial charge in [-0.3, -0.25) is 9.97 Å². The standard InChI is InChI=1S/C14H22N2O9/c17-10(4-11(18)13(21)25-7-12(19)20)9-6-15-8(5-16-9)2-1-3-14(22,23)24/h5-6,10-11,13,17-18,21-24H,1-4,7H2,(H,19,20). The Kier molecular flexibility index (Phi) is 8.25. The SMILES string of the molecule is O=C(O)COC(O)C(O)CC(O)c1cnc(CCCC(O)(O)O)cn1. The summed E-state index contributed by atoms with van der Waals surface area (Å²) in [7, 11) is 0. The summed E-state index contributed by atoms with van der Waals surface area (Å²) in [5.74, 6) is -4.04. The van der Waals surface area contributed by atoms with Gasteiger partial charge in [-0.05, 0) is 12.8 Å². The van der Waals surface area contributed by atoms with Crippen LogP contribution in [0.5, 0.6) is 0 Å². The average Bonchev–Trinajstić information content (AvgIpc) is 2.51. The van der Waals surface area contributed by atoms with E-state index in [1.54, 1.807) is 0 Å². The van der Waals surface area contributed by atoms with E-state index in [1.807, 2.05) is 0 Å². The molecule has 0 aliphatic carbocycles. The molecule has 0 amide bonds. The molecule has 7 N–H and O–H groups in total. The van der Waals surface area contributed by atoms with Gasteiger partial charge in [0, 0.05) is 19.0 Å². The molecule has 25 heavy (non-hydrogen) atoms. The number of aromatic nitrogens is 2. The summed E-state index contributed by atoms with van der Waals surface area (Å²) >= 11 is 0. The van der Waals surface area contributed by atoms with Crippen molar-refractivity contribution in [2.45, 2.75) is 50.2 Å². The third-order valence-electron chi connectivity index (χ3n) is 3.18. The Hall–Kier alpha value is -1.73. The summed E-state index contributed by atoms with van der Waals surface area (Å²) in [5, 5.41) is 63.7. The first kappa shape index (κ1) is 21.3. The van der Waals surface area contributed by atoms with Gasteiger partial charge in [0.2, 0.25) is 0 Å². The summed E-state index contributed by atoms with van der Waals surface area (Å²) in [4.78, 5) is 18.3. The van der Waals surface area contributed by atoms with E-state index in [2.05, 4.69) is 14.7 Å². The third kappa shape index (κ3) is 8.79. The molecule has 0 saturated carbocycles. The fourth-order valence-electron chi connectivity index (χ4n) is 1.91. The Morgan fingerprint density at radius 2 is 1.84 bits per heavy atom. The van der Waals surface area contributed by atoms with Gasteiger partial charge in [-0.2, -0.15) is 0 Å². The molecule has 3 atom stereocenters. The van der Waals surface area contributed by atoms with E-state index in [-0.39, 0.29) is 25.0 Å². The number of aliphatic hydroxyl groups is 6. The molecular weight excluding hydrogens is 340 g/mol. The highest BCUT2D eigenvalue weighted by molar-refractivity contribution is 5.68. The number of rotatable bonds is 11. The van der Waals surface area contributed by atoms with Gasteiger partial charge in [0.1, 0.15) is 18.8 Å². The van der Waals surface area contributed by atoms with E-state index in [1.165, 1.54) is 12.4 Å². The molecule has 1 aromatic heterocycles. The van der Waals surface area contributed by atoms with Crippen molar-refractivity contribution in [2.75, 3.05) is 6.61 Å². The number of hydrogen-bond donors (Lipinski definition) is 7. The average molecular weight is 362 g/mol. The van der Waals surface area contributed by atoms with E-state index in [9.17, 15) is 20.1 Å². The topological polar surface area (TPSA) is 194 Å². The van der Waals surface area contributed by atoms with Crippen molar-refractivity contribution in [3.8, 4) is 0 Å². The molecule has 1 heterocycles. The molecule has 0 spiro atoms. The summed E-state index contributed by atoms with van der Waals surface area (Å²) in [6.07, 6.45) is -2.02. The maximum Gasteiger partial charge on any atom is 0.329 e. The quantitative estimate of drug-likeness (QED) is 0.208. The molecule has 0 bridgehead atoms. The van der Waals surface area contributed by atoms with Crippen molar-refractivity contribution in [1.29, 1.82) is 0 Å². The Balaban J connectivity index is 2.47. The summed E-state index contributed by atoms with van der Waals surface area (Å²) in [6.45, 7) is -0.792. The molecule has 0 aromatic carbocycles. The number of carboxylic acid groups (broad SMARTS) is 1. The summed E-state index contributed by atoms with van der Waals surface area (Å²) in [6, 6.07) is 0. The molecule has 0 fully saturated rings. The number of carbonyl (C=O) groups is 1. The van der Waals surface area contributed by atoms with Gasteiger partial charge in [-0.1, -0.05) is 0 Å². The van der Waals surface area contributed by atoms with Crippen LogP contribution >= 0.6 is 0 Å². The van der Waals surface area contributed by atoms with Crippen molar-refractivity contribution in [3.63, 3.8) is 0 Å². The second kappa shape index (κ2) is 9.68. The zero-order valence-electron chi connectivity index (χ0n) is 13.3. The van der Waals surface area contributed by atoms with Gasteiger partial charge < -0.3 is 40.5 Å². The molecule has 0 radical (unpaired) electrons. The van der Waals surface area contributed by atoms with Gasteiger partial charge in [0.15, 0.2) is 6.29 Å². The molecule has 0 aliphatic heterocycles. The van der Waals surface area contributed by atoms with Gasteiger partial charge in [-0.15, -0.1) is 0 Å². The highest BCUT2D eigenvalue weighted by atomic mass is 16.7. The fourth-order valence-corrected chi connectivity index (χ4v) is 1.91. The minimum absolute atomic E-state index is 0.119. The molecular formula is C14H22N2O9. The predicted octanol–water partition coefficient (Wildman–Crippen LogP) is -2.37. The summed E-state index contributed by atoms with van der Waals surface area (Å²) in [5.41, 5.74) is 0.611. The first-order chi connectivity index (χ1) is 11.6. The Morgan fingerprint density at radius 3 is 2.36 bits per heavy atom. The largest absolute Gasteiger partial charge is 0.480 e. The van der Waals surface area contributed by atoms with Crippen LogP contribution in [0, 0.1) is 0 Å². The zero-order valence-corrected chi connectivity index (χ0v) is 13.3. The number of carboxylic acids is 1. The molecule has 142 valence electrons. The van der Waals surface area contributed by atoms with Crippen molar-refractivity contribution in [2.24, 2.45) is 0 Å². The van der Waals surface area contributed by atoms with Crippen LogP contribution in [0.4, 0.5) is 0 Å². The molecule has 3 unspecified atom stereocenters. The van der Waals surface area contributed by atoms with Crippen LogP contribution in [0.25, 0.3) is 0 Å². The number of ether oxygens (including phenoxy) is 1. The van der Waals surface area contributed by atoms with Crippen LogP contribution < -0.4 is 0 Å². The van der Waals surface area contributed by atoms with Crippen LogP contribution in [0.1, 0.15) is 36.8 Å². The Labute approximate surface area is 142 Å². The van der Waals surface area contributed by atoms with Gasteiger partial charge in [0.05, 0.1) is 17.6 Å². The second-order valence-corrected chi connectivity index (χ2v) is 5.47. The van der Waals surface area contributed by atoms with Crippen LogP contribution in [0.3, 0.4) is 0 Å². The first-order valence-corrected chi connectivity index (χ1v) is 7.44. The van der Waals surface area contributed by atoms with E-state index in [4.69, 9.17) is 20.4 Å². The normalized spacial score (nSPS) is 15.6. The highest BCUT2D eigenvalue weighted by Crippen LogP contribution is 2.18. The lowest BCUT2D eigenvalue weighted by molar-refractivity contribution is -0.314. The Bertz CT molecular complexity index is 532. The van der Waals surface area contributed by atoms with Crippen LogP contribution in [-0.4, -0.2) is 76.7 Å². The monoisotopic (exact) mass is 362 g/mol. The number of hydrogen-bond acceptors (Lipinski definition) is 10. The third-order valence-corrected chi connectivity index (χ3v) is 3.18. The molecule has 0 aliphatic rings. The van der Waals surface area contributed by atoms with Crippen molar-refractivity contribution < 1.29 is 45.3 Å². The van der Waals surface area contributed by atoms with Crippen LogP contribution in [0.2, 0.25) is 0 Å². The van der Waals surface area contributed by atoms with Gasteiger partial charge in [0.25, 0.3) is 5.97 Å². The van der Waals surface area contributed by atoms with Crippen LogP contribution in [0.15, 0.2) is 12.4 Å². The molecule has 11 nitrogen and oxygen atoms in total. The van der Waals surface area contributed by atoms with E-state index < -0.39 is 37.0 Å². The summed E-state index contributed by atoms with van der Waals surface area (Å²) < 4.78 is 4.49. The van der Waals surface area contributed by atoms with E-state index >= 15 is 0 Å². The smallest absolute Gasteiger partial charge is 0.329 e. The molecule has 0 saturated heterocycles. The van der Waals surface area contributed by atoms with E-state index in [0.717, 1.165) is 0 Å².